The van der Waals surface area contributed by atoms with Gasteiger partial charge in [0, 0.05) is 38.1 Å². The van der Waals surface area contributed by atoms with Crippen molar-refractivity contribution in [3.05, 3.63) is 47.4 Å². The summed E-state index contributed by atoms with van der Waals surface area (Å²) in [5.41, 5.74) is 6.45. The molecule has 0 atom stereocenters. The van der Waals surface area contributed by atoms with E-state index in [0.29, 0.717) is 6.42 Å². The van der Waals surface area contributed by atoms with Crippen LogP contribution in [0.2, 0.25) is 5.02 Å². The molecule has 6 nitrogen and oxygen atoms in total. The molecule has 0 amide bonds. The Bertz CT molecular complexity index is 722. The van der Waals surface area contributed by atoms with Crippen molar-refractivity contribution < 1.29 is 8.42 Å². The topological polar surface area (TPSA) is 89.2 Å². The number of hydrogen-bond donors (Lipinski definition) is 1. The van der Waals surface area contributed by atoms with Crippen molar-refractivity contribution in [3.8, 4) is 0 Å². The van der Waals surface area contributed by atoms with Crippen molar-refractivity contribution >= 4 is 27.4 Å². The van der Waals surface area contributed by atoms with Crippen LogP contribution in [0.15, 0.2) is 41.6 Å². The molecule has 0 spiro atoms. The van der Waals surface area contributed by atoms with E-state index in [1.807, 2.05) is 18.2 Å². The maximum absolute atomic E-state index is 12.5. The van der Waals surface area contributed by atoms with Gasteiger partial charge in [-0.25, -0.2) is 17.7 Å². The van der Waals surface area contributed by atoms with Crippen molar-refractivity contribution in [1.82, 2.24) is 14.3 Å². The molecule has 0 saturated carbocycles. The van der Waals surface area contributed by atoms with Crippen LogP contribution in [0.3, 0.4) is 0 Å². The molecular formula is C13H15ClN4O2S. The quantitative estimate of drug-likeness (QED) is 0.901. The summed E-state index contributed by atoms with van der Waals surface area (Å²) in [5, 5.41) is 0.223. The number of rotatable bonds is 5. The van der Waals surface area contributed by atoms with E-state index in [1.165, 1.54) is 23.6 Å². The van der Waals surface area contributed by atoms with Gasteiger partial charge in [-0.15, -0.1) is 0 Å². The molecule has 2 aromatic heterocycles. The zero-order valence-corrected chi connectivity index (χ0v) is 13.0. The third-order valence-electron chi connectivity index (χ3n) is 2.95. The van der Waals surface area contributed by atoms with Crippen LogP contribution < -0.4 is 5.73 Å². The average Bonchev–Trinajstić information content (AvgIpc) is 2.48. The van der Waals surface area contributed by atoms with Gasteiger partial charge in [0.05, 0.1) is 5.02 Å². The number of pyridine rings is 2. The van der Waals surface area contributed by atoms with Crippen molar-refractivity contribution in [3.63, 3.8) is 0 Å². The summed E-state index contributed by atoms with van der Waals surface area (Å²) in [6.45, 7) is 0.283. The van der Waals surface area contributed by atoms with Crippen molar-refractivity contribution in [2.75, 3.05) is 19.3 Å². The average molecular weight is 327 g/mol. The molecular weight excluding hydrogens is 312 g/mol. The molecule has 21 heavy (non-hydrogen) atoms. The molecule has 0 aliphatic heterocycles. The van der Waals surface area contributed by atoms with Crippen molar-refractivity contribution in [1.29, 1.82) is 0 Å². The first kappa shape index (κ1) is 15.7. The second-order valence-corrected chi connectivity index (χ2v) is 6.88. The lowest BCUT2D eigenvalue weighted by Gasteiger charge is -2.17. The molecule has 2 rings (SSSR count). The maximum atomic E-state index is 12.5. The predicted molar refractivity (Wildman–Crippen MR) is 81.4 cm³/mol. The SMILES string of the molecule is CN(CCc1ccccn1)S(=O)(=O)c1cc(Cl)cnc1N. The van der Waals surface area contributed by atoms with Gasteiger partial charge in [0.25, 0.3) is 0 Å². The van der Waals surface area contributed by atoms with Crippen LogP contribution in [0.5, 0.6) is 0 Å². The minimum atomic E-state index is -3.73. The Morgan fingerprint density at radius 3 is 2.76 bits per heavy atom. The molecule has 2 aromatic rings. The lowest BCUT2D eigenvalue weighted by atomic mass is 10.3. The number of aromatic nitrogens is 2. The summed E-state index contributed by atoms with van der Waals surface area (Å²) in [5.74, 6) is -0.0657. The third-order valence-corrected chi connectivity index (χ3v) is 5.04. The van der Waals surface area contributed by atoms with E-state index < -0.39 is 10.0 Å². The number of nitrogens with zero attached hydrogens (tertiary/aromatic N) is 3. The summed E-state index contributed by atoms with van der Waals surface area (Å²) in [6, 6.07) is 6.81. The molecule has 0 fully saturated rings. The first-order valence-corrected chi connectivity index (χ1v) is 8.00. The van der Waals surface area contributed by atoms with Gasteiger partial charge >= 0.3 is 0 Å². The summed E-state index contributed by atoms with van der Waals surface area (Å²) in [7, 11) is -2.24. The van der Waals surface area contributed by atoms with E-state index in [1.54, 1.807) is 6.20 Å². The Labute approximate surface area is 128 Å². The molecule has 0 unspecified atom stereocenters. The predicted octanol–water partition coefficient (Wildman–Crippen LogP) is 1.58. The van der Waals surface area contributed by atoms with Gasteiger partial charge in [-0.3, -0.25) is 4.98 Å². The minimum absolute atomic E-state index is 0.0657. The molecule has 2 N–H and O–H groups in total. The number of nitrogens with two attached hydrogens (primary N) is 1. The van der Waals surface area contributed by atoms with E-state index in [4.69, 9.17) is 17.3 Å². The smallest absolute Gasteiger partial charge is 0.246 e. The van der Waals surface area contributed by atoms with Crippen LogP contribution >= 0.6 is 11.6 Å². The number of anilines is 1. The summed E-state index contributed by atoms with van der Waals surface area (Å²) < 4.78 is 26.1. The van der Waals surface area contributed by atoms with Crippen molar-refractivity contribution in [2.24, 2.45) is 0 Å². The second-order valence-electron chi connectivity index (χ2n) is 4.43. The van der Waals surface area contributed by atoms with E-state index in [0.717, 1.165) is 5.69 Å². The molecule has 112 valence electrons. The van der Waals surface area contributed by atoms with Gasteiger partial charge in [0.15, 0.2) is 0 Å². The molecule has 0 aliphatic rings. The lowest BCUT2D eigenvalue weighted by Crippen LogP contribution is -2.30. The Morgan fingerprint density at radius 1 is 1.33 bits per heavy atom. The summed E-state index contributed by atoms with van der Waals surface area (Å²) >= 11 is 5.79. The molecule has 2 heterocycles. The van der Waals surface area contributed by atoms with Crippen LogP contribution in [0.25, 0.3) is 0 Å². The highest BCUT2D eigenvalue weighted by Gasteiger charge is 2.24. The zero-order chi connectivity index (χ0) is 15.5. The van der Waals surface area contributed by atoms with Gasteiger partial charge < -0.3 is 5.73 Å². The maximum Gasteiger partial charge on any atom is 0.246 e. The largest absolute Gasteiger partial charge is 0.383 e. The number of halogens is 1. The minimum Gasteiger partial charge on any atom is -0.383 e. The highest BCUT2D eigenvalue weighted by molar-refractivity contribution is 7.89. The van der Waals surface area contributed by atoms with Gasteiger partial charge in [-0.05, 0) is 18.2 Å². The Balaban J connectivity index is 2.17. The second kappa shape index (κ2) is 6.38. The zero-order valence-electron chi connectivity index (χ0n) is 11.4. The highest BCUT2D eigenvalue weighted by Crippen LogP contribution is 2.23. The molecule has 0 radical (unpaired) electrons. The van der Waals surface area contributed by atoms with Crippen molar-refractivity contribution in [2.45, 2.75) is 11.3 Å². The first-order valence-electron chi connectivity index (χ1n) is 6.18. The Hall–Kier alpha value is -1.70. The van der Waals surface area contributed by atoms with Crippen LogP contribution in [-0.2, 0) is 16.4 Å². The van der Waals surface area contributed by atoms with E-state index in [9.17, 15) is 8.42 Å². The third kappa shape index (κ3) is 3.69. The fourth-order valence-electron chi connectivity index (χ4n) is 1.74. The Kier molecular flexibility index (Phi) is 4.76. The Morgan fingerprint density at radius 2 is 2.10 bits per heavy atom. The molecule has 0 bridgehead atoms. The molecule has 0 aromatic carbocycles. The summed E-state index contributed by atoms with van der Waals surface area (Å²) in [6.07, 6.45) is 3.48. The van der Waals surface area contributed by atoms with Crippen LogP contribution in [-0.4, -0.2) is 36.3 Å². The standard InChI is InChI=1S/C13H15ClN4O2S/c1-18(7-5-11-4-2-3-6-16-11)21(19,20)12-8-10(14)9-17-13(12)15/h2-4,6,8-9H,5,7H2,1H3,(H2,15,17). The number of sulfonamides is 1. The highest BCUT2D eigenvalue weighted by atomic mass is 35.5. The van der Waals surface area contributed by atoms with E-state index in [2.05, 4.69) is 9.97 Å². The normalized spacial score (nSPS) is 11.8. The van der Waals surface area contributed by atoms with Crippen LogP contribution in [0, 0.1) is 0 Å². The number of likely N-dealkylation sites (N-methyl/N-ethyl adjacent to an activating group) is 1. The first-order chi connectivity index (χ1) is 9.91. The fourth-order valence-corrected chi connectivity index (χ4v) is 3.23. The monoisotopic (exact) mass is 326 g/mol. The van der Waals surface area contributed by atoms with Crippen LogP contribution in [0.4, 0.5) is 5.82 Å². The number of nitrogen functional groups attached to an aromatic ring is 1. The summed E-state index contributed by atoms with van der Waals surface area (Å²) in [4.78, 5) is 7.85. The van der Waals surface area contributed by atoms with Gasteiger partial charge in [0.1, 0.15) is 10.7 Å². The lowest BCUT2D eigenvalue weighted by molar-refractivity contribution is 0.471. The van der Waals surface area contributed by atoms with Crippen LogP contribution in [0.1, 0.15) is 5.69 Å². The van der Waals surface area contributed by atoms with E-state index in [-0.39, 0.29) is 22.3 Å². The molecule has 0 aliphatic carbocycles. The van der Waals surface area contributed by atoms with Gasteiger partial charge in [-0.2, -0.15) is 0 Å². The van der Waals surface area contributed by atoms with Gasteiger partial charge in [-0.1, -0.05) is 17.7 Å². The van der Waals surface area contributed by atoms with E-state index >= 15 is 0 Å². The molecule has 8 heteroatoms. The van der Waals surface area contributed by atoms with Gasteiger partial charge in [0.2, 0.25) is 10.0 Å². The fraction of sp³-hybridized carbons (Fsp3) is 0.231. The number of hydrogen-bond acceptors (Lipinski definition) is 5. The molecule has 0 saturated heterocycles.